The molecule has 0 saturated carbocycles. The van der Waals surface area contributed by atoms with Gasteiger partial charge in [-0.3, -0.25) is 0 Å². The number of aromatic nitrogens is 1. The summed E-state index contributed by atoms with van der Waals surface area (Å²) in [5.74, 6) is 0. The Kier molecular flexibility index (Phi) is 5.15. The molecule has 1 aromatic heterocycles. The monoisotopic (exact) mass is 282 g/mol. The van der Waals surface area contributed by atoms with Crippen LogP contribution in [0.15, 0.2) is 36.5 Å². The molecule has 4 heteroatoms. The van der Waals surface area contributed by atoms with Crippen LogP contribution in [0.25, 0.3) is 0 Å². The Morgan fingerprint density at radius 3 is 2.52 bits per heavy atom. The highest BCUT2D eigenvalue weighted by atomic mass is 15.0. The van der Waals surface area contributed by atoms with Crippen molar-refractivity contribution in [3.05, 3.63) is 58.9 Å². The van der Waals surface area contributed by atoms with Gasteiger partial charge in [0.15, 0.2) is 0 Å². The first-order valence-corrected chi connectivity index (χ1v) is 7.07. The second-order valence-electron chi connectivity index (χ2n) is 5.57. The van der Waals surface area contributed by atoms with Crippen LogP contribution in [0.3, 0.4) is 0 Å². The molecular formula is C17H22N4. The van der Waals surface area contributed by atoms with Crippen LogP contribution in [0.5, 0.6) is 0 Å². The molecule has 0 fully saturated rings. The maximum Gasteiger partial charge on any atom is 0.120 e. The summed E-state index contributed by atoms with van der Waals surface area (Å²) in [7, 11) is 6.06. The second-order valence-corrected chi connectivity index (χ2v) is 5.57. The quantitative estimate of drug-likeness (QED) is 0.884. The summed E-state index contributed by atoms with van der Waals surface area (Å²) >= 11 is 0. The van der Waals surface area contributed by atoms with Crippen LogP contribution in [-0.2, 0) is 26.7 Å². The van der Waals surface area contributed by atoms with Crippen LogP contribution in [0.4, 0.5) is 0 Å². The van der Waals surface area contributed by atoms with E-state index in [-0.39, 0.29) is 0 Å². The first-order valence-electron chi connectivity index (χ1n) is 7.07. The van der Waals surface area contributed by atoms with Crippen molar-refractivity contribution in [2.45, 2.75) is 19.6 Å². The highest BCUT2D eigenvalue weighted by molar-refractivity contribution is 5.29. The van der Waals surface area contributed by atoms with Gasteiger partial charge in [-0.2, -0.15) is 5.26 Å². The van der Waals surface area contributed by atoms with E-state index in [1.165, 1.54) is 11.1 Å². The third kappa shape index (κ3) is 4.19. The van der Waals surface area contributed by atoms with Crippen LogP contribution in [0.1, 0.15) is 22.4 Å². The van der Waals surface area contributed by atoms with Crippen LogP contribution < -0.4 is 5.32 Å². The van der Waals surface area contributed by atoms with E-state index in [1.54, 1.807) is 0 Å². The molecule has 0 atom stereocenters. The van der Waals surface area contributed by atoms with Crippen molar-refractivity contribution in [1.82, 2.24) is 14.8 Å². The van der Waals surface area contributed by atoms with Crippen molar-refractivity contribution in [2.24, 2.45) is 7.05 Å². The predicted octanol–water partition coefficient (Wildman–Crippen LogP) is 2.25. The minimum Gasteiger partial charge on any atom is -0.342 e. The van der Waals surface area contributed by atoms with Gasteiger partial charge in [0.2, 0.25) is 0 Å². The molecule has 1 aromatic carbocycles. The van der Waals surface area contributed by atoms with Gasteiger partial charge in [0, 0.05) is 32.9 Å². The maximum absolute atomic E-state index is 8.96. The number of benzene rings is 1. The van der Waals surface area contributed by atoms with Gasteiger partial charge >= 0.3 is 0 Å². The maximum atomic E-state index is 8.96. The van der Waals surface area contributed by atoms with Gasteiger partial charge in [0.05, 0.1) is 0 Å². The van der Waals surface area contributed by atoms with Crippen molar-refractivity contribution in [2.75, 3.05) is 14.1 Å². The zero-order valence-corrected chi connectivity index (χ0v) is 12.9. The fourth-order valence-corrected chi connectivity index (χ4v) is 2.41. The molecule has 21 heavy (non-hydrogen) atoms. The Bertz CT molecular complexity index is 634. The fraction of sp³-hybridized carbons (Fsp3) is 0.353. The van der Waals surface area contributed by atoms with Gasteiger partial charge in [-0.05, 0) is 36.9 Å². The lowest BCUT2D eigenvalue weighted by molar-refractivity contribution is 0.400. The molecule has 1 heterocycles. The Morgan fingerprint density at radius 2 is 1.90 bits per heavy atom. The highest BCUT2D eigenvalue weighted by Gasteiger charge is 2.04. The van der Waals surface area contributed by atoms with Crippen LogP contribution >= 0.6 is 0 Å². The van der Waals surface area contributed by atoms with E-state index in [0.717, 1.165) is 25.2 Å². The SMILES string of the molecule is CN(C)Cc1ccccc1CNCc1cc(C#N)n(C)c1. The van der Waals surface area contributed by atoms with Crippen LogP contribution in [0.2, 0.25) is 0 Å². The summed E-state index contributed by atoms with van der Waals surface area (Å²) in [5, 5.41) is 12.4. The topological polar surface area (TPSA) is 44.0 Å². The average molecular weight is 282 g/mol. The molecule has 0 radical (unpaired) electrons. The van der Waals surface area contributed by atoms with E-state index in [1.807, 2.05) is 23.9 Å². The van der Waals surface area contributed by atoms with Gasteiger partial charge in [0.25, 0.3) is 0 Å². The first kappa shape index (κ1) is 15.3. The van der Waals surface area contributed by atoms with E-state index < -0.39 is 0 Å². The number of nitriles is 1. The lowest BCUT2D eigenvalue weighted by Gasteiger charge is -2.14. The summed E-state index contributed by atoms with van der Waals surface area (Å²) in [6, 6.07) is 12.6. The number of hydrogen-bond acceptors (Lipinski definition) is 3. The molecule has 2 rings (SSSR count). The fourth-order valence-electron chi connectivity index (χ4n) is 2.41. The number of hydrogen-bond donors (Lipinski definition) is 1. The number of aryl methyl sites for hydroxylation is 1. The zero-order chi connectivity index (χ0) is 15.2. The molecule has 0 amide bonds. The molecule has 110 valence electrons. The Labute approximate surface area is 126 Å². The van der Waals surface area contributed by atoms with E-state index in [9.17, 15) is 0 Å². The molecule has 0 saturated heterocycles. The van der Waals surface area contributed by atoms with Crippen LogP contribution in [-0.4, -0.2) is 23.6 Å². The van der Waals surface area contributed by atoms with Crippen molar-refractivity contribution >= 4 is 0 Å². The highest BCUT2D eigenvalue weighted by Crippen LogP contribution is 2.11. The molecule has 0 bridgehead atoms. The molecule has 0 spiro atoms. The van der Waals surface area contributed by atoms with Crippen molar-refractivity contribution in [3.8, 4) is 6.07 Å². The Morgan fingerprint density at radius 1 is 1.19 bits per heavy atom. The Balaban J connectivity index is 1.95. The number of rotatable bonds is 6. The minimum atomic E-state index is 0.694. The average Bonchev–Trinajstić information content (AvgIpc) is 2.80. The molecule has 1 N–H and O–H groups in total. The first-order chi connectivity index (χ1) is 10.1. The van der Waals surface area contributed by atoms with Gasteiger partial charge in [-0.15, -0.1) is 0 Å². The second kappa shape index (κ2) is 7.07. The molecule has 0 aliphatic heterocycles. The van der Waals surface area contributed by atoms with Gasteiger partial charge in [0.1, 0.15) is 11.8 Å². The lowest BCUT2D eigenvalue weighted by atomic mass is 10.1. The normalized spacial score (nSPS) is 10.8. The van der Waals surface area contributed by atoms with E-state index in [4.69, 9.17) is 5.26 Å². The van der Waals surface area contributed by atoms with Crippen molar-refractivity contribution in [3.63, 3.8) is 0 Å². The Hall–Kier alpha value is -2.09. The minimum absolute atomic E-state index is 0.694. The zero-order valence-electron chi connectivity index (χ0n) is 12.9. The molecule has 0 unspecified atom stereocenters. The van der Waals surface area contributed by atoms with Gasteiger partial charge in [-0.25, -0.2) is 0 Å². The van der Waals surface area contributed by atoms with Crippen LogP contribution in [0, 0.1) is 11.3 Å². The standard InChI is InChI=1S/C17H22N4/c1-20(2)13-16-7-5-4-6-15(16)11-19-10-14-8-17(9-18)21(3)12-14/h4-8,12,19H,10-11,13H2,1-3H3. The van der Waals surface area contributed by atoms with Crippen molar-refractivity contribution in [1.29, 1.82) is 5.26 Å². The molecule has 4 nitrogen and oxygen atoms in total. The lowest BCUT2D eigenvalue weighted by Crippen LogP contribution is -2.17. The molecule has 0 aliphatic carbocycles. The molecule has 2 aromatic rings. The van der Waals surface area contributed by atoms with E-state index >= 15 is 0 Å². The van der Waals surface area contributed by atoms with Gasteiger partial charge in [-0.1, -0.05) is 24.3 Å². The summed E-state index contributed by atoms with van der Waals surface area (Å²) in [4.78, 5) is 2.18. The van der Waals surface area contributed by atoms with E-state index in [0.29, 0.717) is 5.69 Å². The summed E-state index contributed by atoms with van der Waals surface area (Å²) < 4.78 is 1.86. The predicted molar refractivity (Wildman–Crippen MR) is 84.5 cm³/mol. The van der Waals surface area contributed by atoms with Gasteiger partial charge < -0.3 is 14.8 Å². The largest absolute Gasteiger partial charge is 0.342 e. The molecular weight excluding hydrogens is 260 g/mol. The summed E-state index contributed by atoms with van der Waals surface area (Å²) in [6.45, 7) is 2.55. The summed E-state index contributed by atoms with van der Waals surface area (Å²) in [6.07, 6.45) is 2.00. The molecule has 0 aliphatic rings. The number of nitrogens with one attached hydrogen (secondary N) is 1. The van der Waals surface area contributed by atoms with E-state index in [2.05, 4.69) is 54.6 Å². The van der Waals surface area contributed by atoms with Crippen molar-refractivity contribution < 1.29 is 0 Å². The number of nitrogens with zero attached hydrogens (tertiary/aromatic N) is 3. The third-order valence-corrected chi connectivity index (χ3v) is 3.43. The summed E-state index contributed by atoms with van der Waals surface area (Å²) in [5.41, 5.74) is 4.50. The smallest absolute Gasteiger partial charge is 0.120 e. The third-order valence-electron chi connectivity index (χ3n) is 3.43.